The molecule has 1 aromatic carbocycles. The Bertz CT molecular complexity index is 827. The number of anilines is 1. The SMILES string of the molecule is Cc1ncc(S(=O)(=O)Nc2cc(F)cc(Cl)c2)cc1C#N. The highest BCUT2D eigenvalue weighted by Gasteiger charge is 2.17. The second-order valence-corrected chi connectivity index (χ2v) is 6.30. The molecule has 1 aromatic heterocycles. The molecule has 0 spiro atoms. The fourth-order valence-corrected chi connectivity index (χ4v) is 2.83. The van der Waals surface area contributed by atoms with E-state index in [1.807, 2.05) is 6.07 Å². The topological polar surface area (TPSA) is 82.8 Å². The first-order valence-electron chi connectivity index (χ1n) is 5.67. The first-order chi connectivity index (χ1) is 9.81. The van der Waals surface area contributed by atoms with Gasteiger partial charge in [-0.3, -0.25) is 9.71 Å². The number of sulfonamides is 1. The smallest absolute Gasteiger partial charge is 0.263 e. The molecule has 8 heteroatoms. The van der Waals surface area contributed by atoms with Crippen molar-refractivity contribution in [3.05, 3.63) is 52.6 Å². The van der Waals surface area contributed by atoms with Crippen LogP contribution in [0.1, 0.15) is 11.3 Å². The molecule has 0 atom stereocenters. The largest absolute Gasteiger partial charge is 0.279 e. The lowest BCUT2D eigenvalue weighted by molar-refractivity contribution is 0.600. The van der Waals surface area contributed by atoms with Crippen molar-refractivity contribution in [2.24, 2.45) is 0 Å². The van der Waals surface area contributed by atoms with Crippen LogP contribution in [0.4, 0.5) is 10.1 Å². The van der Waals surface area contributed by atoms with Crippen molar-refractivity contribution in [2.45, 2.75) is 11.8 Å². The van der Waals surface area contributed by atoms with Gasteiger partial charge in [0.1, 0.15) is 16.8 Å². The van der Waals surface area contributed by atoms with Crippen LogP contribution in [-0.4, -0.2) is 13.4 Å². The molecular formula is C13H9ClFN3O2S. The van der Waals surface area contributed by atoms with E-state index in [0.717, 1.165) is 18.3 Å². The van der Waals surface area contributed by atoms with Gasteiger partial charge < -0.3 is 0 Å². The van der Waals surface area contributed by atoms with Crippen molar-refractivity contribution in [3.8, 4) is 6.07 Å². The highest BCUT2D eigenvalue weighted by molar-refractivity contribution is 7.92. The molecule has 2 aromatic rings. The van der Waals surface area contributed by atoms with Gasteiger partial charge in [0.05, 0.1) is 16.9 Å². The van der Waals surface area contributed by atoms with E-state index in [9.17, 15) is 12.8 Å². The number of rotatable bonds is 3. The van der Waals surface area contributed by atoms with Crippen molar-refractivity contribution < 1.29 is 12.8 Å². The summed E-state index contributed by atoms with van der Waals surface area (Å²) in [6, 6.07) is 6.38. The summed E-state index contributed by atoms with van der Waals surface area (Å²) in [4.78, 5) is 3.66. The Hall–Kier alpha value is -2.17. The van der Waals surface area contributed by atoms with Gasteiger partial charge in [-0.15, -0.1) is 0 Å². The zero-order valence-corrected chi connectivity index (χ0v) is 12.3. The molecule has 21 heavy (non-hydrogen) atoms. The maximum absolute atomic E-state index is 13.2. The van der Waals surface area contributed by atoms with Crippen LogP contribution in [0.3, 0.4) is 0 Å². The third-order valence-electron chi connectivity index (χ3n) is 2.61. The van der Waals surface area contributed by atoms with Gasteiger partial charge >= 0.3 is 0 Å². The molecule has 0 fully saturated rings. The third-order valence-corrected chi connectivity index (χ3v) is 4.17. The number of halogens is 2. The van der Waals surface area contributed by atoms with Crippen LogP contribution in [0, 0.1) is 24.1 Å². The molecule has 0 unspecified atom stereocenters. The Kier molecular flexibility index (Phi) is 4.11. The number of nitrogens with one attached hydrogen (secondary N) is 1. The zero-order valence-electron chi connectivity index (χ0n) is 10.8. The zero-order chi connectivity index (χ0) is 15.6. The number of hydrogen-bond acceptors (Lipinski definition) is 4. The fourth-order valence-electron chi connectivity index (χ4n) is 1.60. The van der Waals surface area contributed by atoms with Crippen molar-refractivity contribution in [1.82, 2.24) is 4.98 Å². The van der Waals surface area contributed by atoms with Crippen molar-refractivity contribution in [1.29, 1.82) is 5.26 Å². The lowest BCUT2D eigenvalue weighted by Gasteiger charge is -2.09. The van der Waals surface area contributed by atoms with E-state index >= 15 is 0 Å². The summed E-state index contributed by atoms with van der Waals surface area (Å²) in [6.07, 6.45) is 1.12. The van der Waals surface area contributed by atoms with Crippen molar-refractivity contribution >= 4 is 27.3 Å². The van der Waals surface area contributed by atoms with Crippen LogP contribution in [0.25, 0.3) is 0 Å². The second-order valence-electron chi connectivity index (χ2n) is 4.18. The van der Waals surface area contributed by atoms with E-state index in [-0.39, 0.29) is 21.2 Å². The molecule has 0 bridgehead atoms. The Labute approximate surface area is 126 Å². The standard InChI is InChI=1S/C13H9ClFN3O2S/c1-8-9(6-16)2-13(7-17-8)21(19,20)18-12-4-10(14)3-11(15)5-12/h2-5,7,18H,1H3. The molecule has 2 rings (SSSR count). The lowest BCUT2D eigenvalue weighted by Crippen LogP contribution is -2.14. The summed E-state index contributed by atoms with van der Waals surface area (Å²) in [5.41, 5.74) is 0.555. The number of benzene rings is 1. The Morgan fingerprint density at radius 3 is 2.67 bits per heavy atom. The van der Waals surface area contributed by atoms with Crippen molar-refractivity contribution in [3.63, 3.8) is 0 Å². The predicted octanol–water partition coefficient (Wildman–Crippen LogP) is 2.86. The fraction of sp³-hybridized carbons (Fsp3) is 0.0769. The molecule has 1 heterocycles. The van der Waals surface area contributed by atoms with E-state index in [1.54, 1.807) is 6.92 Å². The maximum Gasteiger partial charge on any atom is 0.263 e. The van der Waals surface area contributed by atoms with E-state index in [4.69, 9.17) is 16.9 Å². The lowest BCUT2D eigenvalue weighted by atomic mass is 10.2. The number of aromatic nitrogens is 1. The van der Waals surface area contributed by atoms with E-state index in [1.165, 1.54) is 12.1 Å². The molecular weight excluding hydrogens is 317 g/mol. The first-order valence-corrected chi connectivity index (χ1v) is 7.53. The van der Waals surface area contributed by atoms with Gasteiger partial charge in [-0.1, -0.05) is 11.6 Å². The molecule has 0 saturated heterocycles. The summed E-state index contributed by atoms with van der Waals surface area (Å²) in [6.45, 7) is 1.59. The van der Waals surface area contributed by atoms with Crippen LogP contribution in [-0.2, 0) is 10.0 Å². The van der Waals surface area contributed by atoms with Gasteiger partial charge in [-0.05, 0) is 31.2 Å². The Balaban J connectivity index is 2.41. The summed E-state index contributed by atoms with van der Waals surface area (Å²) in [7, 11) is -3.99. The van der Waals surface area contributed by atoms with Crippen LogP contribution in [0.2, 0.25) is 5.02 Å². The molecule has 0 amide bonds. The number of aryl methyl sites for hydroxylation is 1. The average molecular weight is 326 g/mol. The molecule has 0 radical (unpaired) electrons. The first kappa shape index (κ1) is 15.2. The number of nitriles is 1. The van der Waals surface area contributed by atoms with Crippen LogP contribution >= 0.6 is 11.6 Å². The number of nitrogens with zero attached hydrogens (tertiary/aromatic N) is 2. The van der Waals surface area contributed by atoms with Crippen molar-refractivity contribution in [2.75, 3.05) is 4.72 Å². The quantitative estimate of drug-likeness (QED) is 0.940. The van der Waals surface area contributed by atoms with Gasteiger partial charge in [-0.2, -0.15) is 5.26 Å². The summed E-state index contributed by atoms with van der Waals surface area (Å²) >= 11 is 5.66. The minimum atomic E-state index is -3.99. The van der Waals surface area contributed by atoms with Gasteiger partial charge in [0.25, 0.3) is 10.0 Å². The molecule has 1 N–H and O–H groups in total. The van der Waals surface area contributed by atoms with Gasteiger partial charge in [-0.25, -0.2) is 12.8 Å². The van der Waals surface area contributed by atoms with Gasteiger partial charge in [0, 0.05) is 11.2 Å². The maximum atomic E-state index is 13.2. The van der Waals surface area contributed by atoms with E-state index < -0.39 is 15.8 Å². The van der Waals surface area contributed by atoms with Crippen LogP contribution < -0.4 is 4.72 Å². The number of pyridine rings is 1. The second kappa shape index (κ2) is 5.68. The monoisotopic (exact) mass is 325 g/mol. The van der Waals surface area contributed by atoms with E-state index in [2.05, 4.69) is 9.71 Å². The highest BCUT2D eigenvalue weighted by atomic mass is 35.5. The van der Waals surface area contributed by atoms with Gasteiger partial charge in [0.15, 0.2) is 0 Å². The van der Waals surface area contributed by atoms with Crippen LogP contribution in [0.5, 0.6) is 0 Å². The summed E-state index contributed by atoms with van der Waals surface area (Å²) in [5, 5.41) is 8.96. The number of hydrogen-bond donors (Lipinski definition) is 1. The average Bonchev–Trinajstić information content (AvgIpc) is 2.37. The highest BCUT2D eigenvalue weighted by Crippen LogP contribution is 2.22. The summed E-state index contributed by atoms with van der Waals surface area (Å²) < 4.78 is 39.7. The predicted molar refractivity (Wildman–Crippen MR) is 75.9 cm³/mol. The molecule has 0 aliphatic heterocycles. The molecule has 0 aliphatic carbocycles. The molecule has 108 valence electrons. The normalized spacial score (nSPS) is 11.0. The third kappa shape index (κ3) is 3.48. The minimum absolute atomic E-state index is 0.0147. The van der Waals surface area contributed by atoms with E-state index in [0.29, 0.717) is 5.69 Å². The molecule has 5 nitrogen and oxygen atoms in total. The Morgan fingerprint density at radius 1 is 1.33 bits per heavy atom. The Morgan fingerprint density at radius 2 is 2.05 bits per heavy atom. The van der Waals surface area contributed by atoms with Gasteiger partial charge in [0.2, 0.25) is 0 Å². The minimum Gasteiger partial charge on any atom is -0.279 e. The summed E-state index contributed by atoms with van der Waals surface area (Å²) in [5.74, 6) is -0.667. The molecule has 0 aliphatic rings. The molecule has 0 saturated carbocycles. The van der Waals surface area contributed by atoms with Crippen LogP contribution in [0.15, 0.2) is 35.4 Å².